The third-order valence-corrected chi connectivity index (χ3v) is 4.90. The Morgan fingerprint density at radius 1 is 1.36 bits per heavy atom. The number of ether oxygens (including phenoxy) is 1. The largest absolute Gasteiger partial charge is 0.444 e. The highest BCUT2D eigenvalue weighted by Gasteiger charge is 2.42. The van der Waals surface area contributed by atoms with E-state index >= 15 is 0 Å². The number of hydrogen-bond acceptors (Lipinski definition) is 4. The molecule has 5 nitrogen and oxygen atoms in total. The van der Waals surface area contributed by atoms with E-state index in [0.717, 1.165) is 12.5 Å². The Balaban J connectivity index is 1.97. The smallest absolute Gasteiger partial charge is 0.433 e. The van der Waals surface area contributed by atoms with Gasteiger partial charge in [-0.2, -0.15) is 13.2 Å². The van der Waals surface area contributed by atoms with Gasteiger partial charge in [-0.25, -0.2) is 9.78 Å². The molecule has 2 unspecified atom stereocenters. The lowest BCUT2D eigenvalue weighted by Crippen LogP contribution is -2.45. The summed E-state index contributed by atoms with van der Waals surface area (Å²) in [5.74, 6) is 0.208. The Bertz CT molecular complexity index is 699. The molecule has 2 N–H and O–H groups in total. The first-order chi connectivity index (χ1) is 12.7. The minimum absolute atomic E-state index is 0.208. The average molecular weight is 401 g/mol. The van der Waals surface area contributed by atoms with Crippen molar-refractivity contribution in [1.29, 1.82) is 0 Å². The predicted molar refractivity (Wildman–Crippen MR) is 101 cm³/mol. The van der Waals surface area contributed by atoms with Crippen LogP contribution in [0.2, 0.25) is 0 Å². The molecule has 1 aromatic rings. The van der Waals surface area contributed by atoms with Gasteiger partial charge < -0.3 is 15.4 Å². The van der Waals surface area contributed by atoms with Crippen LogP contribution in [0.1, 0.15) is 71.3 Å². The molecule has 2 atom stereocenters. The molecule has 0 aromatic carbocycles. The van der Waals surface area contributed by atoms with Crippen molar-refractivity contribution in [3.63, 3.8) is 0 Å². The molecule has 8 heteroatoms. The Hall–Kier alpha value is -1.83. The number of amides is 1. The summed E-state index contributed by atoms with van der Waals surface area (Å²) >= 11 is 0. The van der Waals surface area contributed by atoms with Crippen LogP contribution in [0.5, 0.6) is 0 Å². The number of likely N-dealkylation sites (tertiary alicyclic amines) is 1. The van der Waals surface area contributed by atoms with Crippen LogP contribution in [0.4, 0.5) is 18.0 Å². The highest BCUT2D eigenvalue weighted by molar-refractivity contribution is 5.69. The van der Waals surface area contributed by atoms with E-state index in [9.17, 15) is 18.0 Å². The summed E-state index contributed by atoms with van der Waals surface area (Å²) in [7, 11) is 0. The molecule has 28 heavy (non-hydrogen) atoms. The maximum atomic E-state index is 12.8. The van der Waals surface area contributed by atoms with Crippen molar-refractivity contribution in [2.45, 2.75) is 77.2 Å². The van der Waals surface area contributed by atoms with Gasteiger partial charge in [-0.1, -0.05) is 6.07 Å². The van der Waals surface area contributed by atoms with Crippen LogP contribution >= 0.6 is 0 Å². The van der Waals surface area contributed by atoms with Crippen molar-refractivity contribution in [1.82, 2.24) is 9.88 Å². The maximum Gasteiger partial charge on any atom is 0.433 e. The second-order valence-corrected chi connectivity index (χ2v) is 9.10. The molecule has 1 aliphatic heterocycles. The first kappa shape index (κ1) is 22.5. The summed E-state index contributed by atoms with van der Waals surface area (Å²) in [6.45, 7) is 10.0. The lowest BCUT2D eigenvalue weighted by molar-refractivity contribution is -0.141. The molecular weight excluding hydrogens is 371 g/mol. The zero-order chi connectivity index (χ0) is 21.3. The third kappa shape index (κ3) is 5.83. The van der Waals surface area contributed by atoms with Crippen LogP contribution < -0.4 is 5.73 Å². The minimum Gasteiger partial charge on any atom is -0.444 e. The van der Waals surface area contributed by atoms with Crippen molar-refractivity contribution < 1.29 is 22.7 Å². The summed E-state index contributed by atoms with van der Waals surface area (Å²) in [5.41, 5.74) is 4.49. The fraction of sp³-hybridized carbons (Fsp3) is 0.700. The predicted octanol–water partition coefficient (Wildman–Crippen LogP) is 4.92. The molecule has 1 fully saturated rings. The van der Waals surface area contributed by atoms with Gasteiger partial charge in [0.1, 0.15) is 11.3 Å². The number of hydrogen-bond donors (Lipinski definition) is 1. The van der Waals surface area contributed by atoms with Crippen molar-refractivity contribution in [2.75, 3.05) is 6.54 Å². The molecule has 0 saturated carbocycles. The SMILES string of the molecule is CC(C)(C)OC(=O)N1CC(CCC(N)c2cccc(C(F)(F)F)n2)CC1(C)C. The zero-order valence-corrected chi connectivity index (χ0v) is 17.1. The number of carbonyl (C=O) groups is 1. The zero-order valence-electron chi connectivity index (χ0n) is 17.1. The molecule has 1 aromatic heterocycles. The molecule has 0 spiro atoms. The van der Waals surface area contributed by atoms with E-state index in [-0.39, 0.29) is 23.2 Å². The minimum atomic E-state index is -4.49. The van der Waals surface area contributed by atoms with Gasteiger partial charge in [-0.05, 0) is 71.9 Å². The van der Waals surface area contributed by atoms with Gasteiger partial charge in [-0.3, -0.25) is 0 Å². The van der Waals surface area contributed by atoms with E-state index in [1.807, 2.05) is 34.6 Å². The molecule has 158 valence electrons. The van der Waals surface area contributed by atoms with Crippen LogP contribution in [0.25, 0.3) is 0 Å². The van der Waals surface area contributed by atoms with Gasteiger partial charge in [0.05, 0.1) is 5.69 Å². The quantitative estimate of drug-likeness (QED) is 0.778. The van der Waals surface area contributed by atoms with Gasteiger partial charge in [0, 0.05) is 18.1 Å². The number of nitrogens with two attached hydrogens (primary N) is 1. The highest BCUT2D eigenvalue weighted by Crippen LogP contribution is 2.37. The van der Waals surface area contributed by atoms with Crippen molar-refractivity contribution in [3.05, 3.63) is 29.6 Å². The van der Waals surface area contributed by atoms with Crippen LogP contribution in [0.15, 0.2) is 18.2 Å². The van der Waals surface area contributed by atoms with Crippen LogP contribution in [0.3, 0.4) is 0 Å². The third-order valence-electron chi connectivity index (χ3n) is 4.90. The summed E-state index contributed by atoms with van der Waals surface area (Å²) in [6.07, 6.45) is -2.85. The first-order valence-corrected chi connectivity index (χ1v) is 9.49. The van der Waals surface area contributed by atoms with E-state index in [2.05, 4.69) is 4.98 Å². The Labute approximate surface area is 164 Å². The molecular formula is C20H30F3N3O2. The van der Waals surface area contributed by atoms with E-state index < -0.39 is 23.5 Å². The first-order valence-electron chi connectivity index (χ1n) is 9.49. The summed E-state index contributed by atoms with van der Waals surface area (Å²) < 4.78 is 44.0. The molecule has 2 rings (SSSR count). The molecule has 0 bridgehead atoms. The van der Waals surface area contributed by atoms with Crippen LogP contribution in [0, 0.1) is 5.92 Å². The summed E-state index contributed by atoms with van der Waals surface area (Å²) in [4.78, 5) is 17.9. The van der Waals surface area contributed by atoms with Gasteiger partial charge in [0.15, 0.2) is 0 Å². The molecule has 1 saturated heterocycles. The van der Waals surface area contributed by atoms with Crippen LogP contribution in [-0.4, -0.2) is 33.7 Å². The van der Waals surface area contributed by atoms with Crippen molar-refractivity contribution in [2.24, 2.45) is 11.7 Å². The fourth-order valence-electron chi connectivity index (χ4n) is 3.60. The van der Waals surface area contributed by atoms with Gasteiger partial charge in [-0.15, -0.1) is 0 Å². The Kier molecular flexibility index (Phi) is 6.33. The van der Waals surface area contributed by atoms with Crippen molar-refractivity contribution >= 4 is 6.09 Å². The maximum absolute atomic E-state index is 12.8. The number of carbonyl (C=O) groups excluding carboxylic acids is 1. The van der Waals surface area contributed by atoms with E-state index in [1.165, 1.54) is 12.1 Å². The number of aromatic nitrogens is 1. The normalized spacial score (nSPS) is 20.9. The number of halogens is 3. The number of pyridine rings is 1. The van der Waals surface area contributed by atoms with E-state index in [4.69, 9.17) is 10.5 Å². The van der Waals surface area contributed by atoms with Gasteiger partial charge in [0.2, 0.25) is 0 Å². The standard InChI is InChI=1S/C20H30F3N3O2/c1-18(2,3)28-17(27)26-12-13(11-19(26,4)5)9-10-14(24)15-7-6-8-16(25-15)20(21,22)23/h6-8,13-14H,9-12,24H2,1-5H3. The Morgan fingerprint density at radius 3 is 2.57 bits per heavy atom. The average Bonchev–Trinajstić information content (AvgIpc) is 2.85. The highest BCUT2D eigenvalue weighted by atomic mass is 19.4. The van der Waals surface area contributed by atoms with E-state index in [0.29, 0.717) is 19.4 Å². The number of nitrogens with zero attached hydrogens (tertiary/aromatic N) is 2. The Morgan fingerprint density at radius 2 is 2.00 bits per heavy atom. The number of alkyl halides is 3. The van der Waals surface area contributed by atoms with Gasteiger partial charge >= 0.3 is 12.3 Å². The monoisotopic (exact) mass is 401 g/mol. The lowest BCUT2D eigenvalue weighted by Gasteiger charge is -2.33. The van der Waals surface area contributed by atoms with E-state index in [1.54, 1.807) is 4.90 Å². The molecule has 0 radical (unpaired) electrons. The molecule has 2 heterocycles. The summed E-state index contributed by atoms with van der Waals surface area (Å²) in [6, 6.07) is 3.20. The molecule has 0 aliphatic carbocycles. The second-order valence-electron chi connectivity index (χ2n) is 9.10. The number of rotatable bonds is 4. The lowest BCUT2D eigenvalue weighted by atomic mass is 9.91. The summed E-state index contributed by atoms with van der Waals surface area (Å²) in [5, 5.41) is 0. The van der Waals surface area contributed by atoms with Crippen molar-refractivity contribution in [3.8, 4) is 0 Å². The topological polar surface area (TPSA) is 68.5 Å². The van der Waals surface area contributed by atoms with Crippen LogP contribution in [-0.2, 0) is 10.9 Å². The second kappa shape index (κ2) is 7.89. The molecule has 1 aliphatic rings. The van der Waals surface area contributed by atoms with Gasteiger partial charge in [0.25, 0.3) is 0 Å². The molecule has 1 amide bonds. The fourth-order valence-corrected chi connectivity index (χ4v) is 3.60.